The van der Waals surface area contributed by atoms with Gasteiger partial charge in [0, 0.05) is 22.3 Å². The number of carbonyl (C=O) groups excluding carboxylic acids is 2. The van der Waals surface area contributed by atoms with Gasteiger partial charge in [0.05, 0.1) is 22.4 Å². The number of allylic oxidation sites excluding steroid dienone is 1. The van der Waals surface area contributed by atoms with E-state index in [0.29, 0.717) is 45.2 Å². The number of carbonyl (C=O) groups is 2. The second kappa shape index (κ2) is 13.3. The fourth-order valence-electron chi connectivity index (χ4n) is 3.62. The maximum absolute atomic E-state index is 13.1. The average molecular weight is 581 g/mol. The van der Waals surface area contributed by atoms with Crippen molar-refractivity contribution in [2.24, 2.45) is 5.92 Å². The predicted molar refractivity (Wildman–Crippen MR) is 152 cm³/mol. The van der Waals surface area contributed by atoms with Crippen molar-refractivity contribution < 1.29 is 9.59 Å². The van der Waals surface area contributed by atoms with Gasteiger partial charge in [-0.15, -0.1) is 16.8 Å². The number of nitrogens with zero attached hydrogens (tertiary/aromatic N) is 3. The molecule has 7 nitrogen and oxygen atoms in total. The highest BCUT2D eigenvalue weighted by atomic mass is 35.5. The molecule has 0 radical (unpaired) electrons. The van der Waals surface area contributed by atoms with Crippen LogP contribution >= 0.6 is 46.6 Å². The molecular weight excluding hydrogens is 553 g/mol. The van der Waals surface area contributed by atoms with Crippen LogP contribution < -0.4 is 10.6 Å². The molecule has 0 saturated carbocycles. The van der Waals surface area contributed by atoms with E-state index >= 15 is 0 Å². The zero-order valence-electron chi connectivity index (χ0n) is 20.7. The summed E-state index contributed by atoms with van der Waals surface area (Å²) in [5.74, 6) is 0.395. The maximum Gasteiger partial charge on any atom is 0.253 e. The fraction of sp³-hybridized carbons (Fsp3) is 0.308. The standard InChI is InChI=1S/C26H28Cl3N5O2S/c1-5-10-34-24(22(11-15(2)3)31-25(36)19-9-8-17(27)12-20(19)29)32-33-26(34)37-14-23(35)30-21-13-18(28)7-6-16(21)4/h5-9,12-13,15,22H,1,10-11,14H2,2-4H3,(H,30,35)(H,31,36)/t22-/m1/s1. The summed E-state index contributed by atoms with van der Waals surface area (Å²) in [6, 6.07) is 9.62. The van der Waals surface area contributed by atoms with Crippen molar-refractivity contribution >= 4 is 64.1 Å². The van der Waals surface area contributed by atoms with E-state index < -0.39 is 6.04 Å². The van der Waals surface area contributed by atoms with Crippen molar-refractivity contribution in [1.82, 2.24) is 20.1 Å². The molecule has 11 heteroatoms. The Morgan fingerprint density at radius 2 is 1.81 bits per heavy atom. The Labute approximate surface area is 236 Å². The lowest BCUT2D eigenvalue weighted by Gasteiger charge is -2.21. The third kappa shape index (κ3) is 7.98. The lowest BCUT2D eigenvalue weighted by Crippen LogP contribution is -2.32. The highest BCUT2D eigenvalue weighted by molar-refractivity contribution is 7.99. The minimum Gasteiger partial charge on any atom is -0.342 e. The third-order valence-corrected chi connectivity index (χ3v) is 7.11. The SMILES string of the molecule is C=CCn1c(SCC(=O)Nc2cc(Cl)ccc2C)nnc1[C@@H](CC(C)C)NC(=O)c1ccc(Cl)cc1Cl. The minimum absolute atomic E-state index is 0.114. The van der Waals surface area contributed by atoms with Crippen LogP contribution in [0.25, 0.3) is 0 Å². The number of aromatic nitrogens is 3. The summed E-state index contributed by atoms with van der Waals surface area (Å²) < 4.78 is 1.85. The van der Waals surface area contributed by atoms with Crippen molar-refractivity contribution in [3.05, 3.63) is 81.1 Å². The lowest BCUT2D eigenvalue weighted by atomic mass is 10.0. The molecular formula is C26H28Cl3N5O2S. The van der Waals surface area contributed by atoms with Crippen molar-refractivity contribution in [2.45, 2.75) is 44.9 Å². The predicted octanol–water partition coefficient (Wildman–Crippen LogP) is 6.98. The Bertz CT molecular complexity index is 1300. The Balaban J connectivity index is 1.79. The molecule has 0 aliphatic rings. The van der Waals surface area contributed by atoms with E-state index in [1.807, 2.05) is 17.6 Å². The molecule has 0 saturated heterocycles. The van der Waals surface area contributed by atoms with Gasteiger partial charge in [-0.3, -0.25) is 9.59 Å². The summed E-state index contributed by atoms with van der Waals surface area (Å²) in [7, 11) is 0. The van der Waals surface area contributed by atoms with Gasteiger partial charge in [-0.25, -0.2) is 0 Å². The molecule has 2 N–H and O–H groups in total. The quantitative estimate of drug-likeness (QED) is 0.189. The molecule has 1 aromatic heterocycles. The number of hydrogen-bond acceptors (Lipinski definition) is 5. The van der Waals surface area contributed by atoms with Gasteiger partial charge < -0.3 is 15.2 Å². The summed E-state index contributed by atoms with van der Waals surface area (Å²) >= 11 is 19.5. The lowest BCUT2D eigenvalue weighted by molar-refractivity contribution is -0.113. The van der Waals surface area contributed by atoms with Gasteiger partial charge in [-0.1, -0.05) is 72.6 Å². The summed E-state index contributed by atoms with van der Waals surface area (Å²) in [5.41, 5.74) is 1.89. The van der Waals surface area contributed by atoms with E-state index in [0.717, 1.165) is 5.56 Å². The highest BCUT2D eigenvalue weighted by Gasteiger charge is 2.25. The number of aryl methyl sites for hydroxylation is 1. The van der Waals surface area contributed by atoms with E-state index in [9.17, 15) is 9.59 Å². The van der Waals surface area contributed by atoms with Gasteiger partial charge in [0.2, 0.25) is 5.91 Å². The Morgan fingerprint density at radius 3 is 2.49 bits per heavy atom. The first kappa shape index (κ1) is 29.0. The number of hydrogen-bond donors (Lipinski definition) is 2. The summed E-state index contributed by atoms with van der Waals surface area (Å²) in [6.07, 6.45) is 2.34. The van der Waals surface area contributed by atoms with Crippen LogP contribution in [-0.2, 0) is 11.3 Å². The van der Waals surface area contributed by atoms with Crippen LogP contribution in [-0.4, -0.2) is 32.3 Å². The monoisotopic (exact) mass is 579 g/mol. The van der Waals surface area contributed by atoms with Crippen LogP contribution in [0.5, 0.6) is 0 Å². The zero-order valence-corrected chi connectivity index (χ0v) is 23.8. The molecule has 3 rings (SSSR count). The summed E-state index contributed by atoms with van der Waals surface area (Å²) in [4.78, 5) is 25.7. The van der Waals surface area contributed by atoms with Crippen LogP contribution in [0.2, 0.25) is 15.1 Å². The van der Waals surface area contributed by atoms with Crippen LogP contribution in [0, 0.1) is 12.8 Å². The Hall–Kier alpha value is -2.52. The van der Waals surface area contributed by atoms with Gasteiger partial charge in [0.15, 0.2) is 11.0 Å². The van der Waals surface area contributed by atoms with Crippen molar-refractivity contribution in [3.8, 4) is 0 Å². The molecule has 196 valence electrons. The molecule has 2 amide bonds. The molecule has 3 aromatic rings. The molecule has 0 fully saturated rings. The maximum atomic E-state index is 13.1. The zero-order chi connectivity index (χ0) is 27.1. The molecule has 2 aromatic carbocycles. The second-order valence-electron chi connectivity index (χ2n) is 8.82. The molecule has 0 unspecified atom stereocenters. The first-order valence-electron chi connectivity index (χ1n) is 11.6. The number of halogens is 3. The van der Waals surface area contributed by atoms with Crippen LogP contribution in [0.3, 0.4) is 0 Å². The van der Waals surface area contributed by atoms with E-state index in [1.54, 1.807) is 30.3 Å². The van der Waals surface area contributed by atoms with Crippen LogP contribution in [0.4, 0.5) is 5.69 Å². The van der Waals surface area contributed by atoms with E-state index in [-0.39, 0.29) is 28.5 Å². The number of rotatable bonds is 11. The fourth-order valence-corrected chi connectivity index (χ4v) is 5.04. The van der Waals surface area contributed by atoms with E-state index in [2.05, 4.69) is 41.3 Å². The van der Waals surface area contributed by atoms with Crippen molar-refractivity contribution in [1.29, 1.82) is 0 Å². The third-order valence-electron chi connectivity index (χ3n) is 5.36. The van der Waals surface area contributed by atoms with Crippen molar-refractivity contribution in [3.63, 3.8) is 0 Å². The molecule has 0 aliphatic carbocycles. The first-order chi connectivity index (χ1) is 17.6. The van der Waals surface area contributed by atoms with E-state index in [1.165, 1.54) is 17.8 Å². The number of nitrogens with one attached hydrogen (secondary N) is 2. The number of amides is 2. The molecule has 0 bridgehead atoms. The largest absolute Gasteiger partial charge is 0.342 e. The first-order valence-corrected chi connectivity index (χ1v) is 13.7. The van der Waals surface area contributed by atoms with Gasteiger partial charge in [-0.05, 0) is 55.2 Å². The van der Waals surface area contributed by atoms with Gasteiger partial charge in [0.1, 0.15) is 0 Å². The Kier molecular flexibility index (Phi) is 10.5. The van der Waals surface area contributed by atoms with Gasteiger partial charge in [-0.2, -0.15) is 0 Å². The van der Waals surface area contributed by atoms with Gasteiger partial charge in [0.25, 0.3) is 5.91 Å². The Morgan fingerprint density at radius 1 is 1.11 bits per heavy atom. The van der Waals surface area contributed by atoms with Crippen LogP contribution in [0.15, 0.2) is 54.2 Å². The van der Waals surface area contributed by atoms with Crippen LogP contribution in [0.1, 0.15) is 48.1 Å². The average Bonchev–Trinajstić information content (AvgIpc) is 3.22. The molecule has 1 atom stereocenters. The number of benzene rings is 2. The highest BCUT2D eigenvalue weighted by Crippen LogP contribution is 2.27. The summed E-state index contributed by atoms with van der Waals surface area (Å²) in [5, 5.41) is 16.4. The van der Waals surface area contributed by atoms with E-state index in [4.69, 9.17) is 34.8 Å². The summed E-state index contributed by atoms with van der Waals surface area (Å²) in [6.45, 7) is 10.3. The molecule has 1 heterocycles. The minimum atomic E-state index is -0.441. The number of anilines is 1. The van der Waals surface area contributed by atoms with Crippen molar-refractivity contribution in [2.75, 3.05) is 11.1 Å². The van der Waals surface area contributed by atoms with Gasteiger partial charge >= 0.3 is 0 Å². The molecule has 37 heavy (non-hydrogen) atoms. The topological polar surface area (TPSA) is 88.9 Å². The normalized spacial score (nSPS) is 11.9. The molecule has 0 spiro atoms. The smallest absolute Gasteiger partial charge is 0.253 e. The second-order valence-corrected chi connectivity index (χ2v) is 11.0. The molecule has 0 aliphatic heterocycles. The number of thioether (sulfide) groups is 1.